The zero-order valence-corrected chi connectivity index (χ0v) is 12.0. The molecule has 0 amide bonds. The van der Waals surface area contributed by atoms with Gasteiger partial charge in [-0.05, 0) is 11.2 Å². The molecule has 0 saturated carbocycles. The predicted molar refractivity (Wildman–Crippen MR) is 84.1 cm³/mol. The predicted octanol–water partition coefficient (Wildman–Crippen LogP) is 4.20. The van der Waals surface area contributed by atoms with E-state index < -0.39 is 16.5 Å². The molecule has 9 heteroatoms. The van der Waals surface area contributed by atoms with E-state index in [2.05, 4.69) is 15.4 Å². The lowest BCUT2D eigenvalue weighted by molar-refractivity contribution is -0.384. The Morgan fingerprint density at radius 2 is 1.92 bits per heavy atom. The molecule has 0 aliphatic carbocycles. The van der Waals surface area contributed by atoms with Crippen LogP contribution in [0.3, 0.4) is 0 Å². The van der Waals surface area contributed by atoms with Crippen molar-refractivity contribution in [3.05, 3.63) is 80.5 Å². The van der Waals surface area contributed by atoms with Gasteiger partial charge >= 0.3 is 0 Å². The van der Waals surface area contributed by atoms with Crippen LogP contribution in [0.25, 0.3) is 5.76 Å². The third-order valence-electron chi connectivity index (χ3n) is 2.91. The summed E-state index contributed by atoms with van der Waals surface area (Å²) in [6.45, 7) is 0. The van der Waals surface area contributed by atoms with E-state index in [1.165, 1.54) is 6.07 Å². The molecule has 0 spiro atoms. The van der Waals surface area contributed by atoms with Crippen LogP contribution in [0.4, 0.5) is 11.4 Å². The van der Waals surface area contributed by atoms with Crippen LogP contribution in [0, 0.1) is 26.4 Å². The second-order valence-corrected chi connectivity index (χ2v) is 4.40. The van der Waals surface area contributed by atoms with Crippen LogP contribution in [0.1, 0.15) is 11.1 Å². The van der Waals surface area contributed by atoms with E-state index in [0.29, 0.717) is 5.56 Å². The molecule has 2 rings (SSSR count). The van der Waals surface area contributed by atoms with Gasteiger partial charge in [0.25, 0.3) is 11.5 Å². The third kappa shape index (κ3) is 3.63. The number of nitroso groups, excluding NO2 is 1. The fraction of sp³-hybridized carbons (Fsp3) is 0. The molecule has 24 heavy (non-hydrogen) atoms. The number of non-ortho nitro benzene ring substituents is 1. The third-order valence-corrected chi connectivity index (χ3v) is 2.91. The molecule has 2 aromatic rings. The number of azo groups is 1. The van der Waals surface area contributed by atoms with E-state index in [4.69, 9.17) is 5.26 Å². The topological polar surface area (TPSA) is 141 Å². The highest BCUT2D eigenvalue weighted by Crippen LogP contribution is 2.26. The van der Waals surface area contributed by atoms with Crippen molar-refractivity contribution in [2.75, 3.05) is 0 Å². The van der Waals surface area contributed by atoms with Crippen molar-refractivity contribution in [1.29, 1.82) is 5.26 Å². The first-order valence-corrected chi connectivity index (χ1v) is 6.49. The minimum atomic E-state index is -0.651. The lowest BCUT2D eigenvalue weighted by atomic mass is 10.2. The van der Waals surface area contributed by atoms with Crippen LogP contribution < -0.4 is 0 Å². The van der Waals surface area contributed by atoms with Gasteiger partial charge in [-0.25, -0.2) is 0 Å². The summed E-state index contributed by atoms with van der Waals surface area (Å²) in [6, 6.07) is 13.2. The van der Waals surface area contributed by atoms with Crippen molar-refractivity contribution in [3.63, 3.8) is 0 Å². The minimum absolute atomic E-state index is 0.00473. The van der Waals surface area contributed by atoms with Crippen molar-refractivity contribution >= 4 is 17.1 Å². The van der Waals surface area contributed by atoms with E-state index in [9.17, 15) is 20.1 Å². The summed E-state index contributed by atoms with van der Waals surface area (Å²) in [5, 5.41) is 39.5. The molecule has 9 nitrogen and oxygen atoms in total. The highest BCUT2D eigenvalue weighted by atomic mass is 16.6. The first-order valence-electron chi connectivity index (χ1n) is 6.49. The molecule has 0 heterocycles. The normalized spacial score (nSPS) is 11.6. The molecular formula is C15H9N5O4. The SMILES string of the molecule is N#Cc1cc([N+](=O)[O-])ccc1/N=N/C(N=O)=C(/O)c1ccccc1. The minimum Gasteiger partial charge on any atom is -0.504 e. The van der Waals surface area contributed by atoms with Gasteiger partial charge in [-0.15, -0.1) is 15.1 Å². The van der Waals surface area contributed by atoms with Crippen LogP contribution in [0.2, 0.25) is 0 Å². The number of nitriles is 1. The van der Waals surface area contributed by atoms with Gasteiger partial charge in [0.05, 0.1) is 10.5 Å². The first-order chi connectivity index (χ1) is 11.6. The lowest BCUT2D eigenvalue weighted by Gasteiger charge is -2.00. The van der Waals surface area contributed by atoms with Crippen molar-refractivity contribution < 1.29 is 10.0 Å². The molecule has 0 aliphatic heterocycles. The van der Waals surface area contributed by atoms with Crippen LogP contribution in [-0.2, 0) is 0 Å². The summed E-state index contributed by atoms with van der Waals surface area (Å²) >= 11 is 0. The van der Waals surface area contributed by atoms with Gasteiger partial charge in [0, 0.05) is 17.7 Å². The molecular weight excluding hydrogens is 314 g/mol. The second kappa shape index (κ2) is 7.37. The molecule has 0 unspecified atom stereocenters. The number of hydrogen-bond donors (Lipinski definition) is 1. The Morgan fingerprint density at radius 1 is 1.21 bits per heavy atom. The fourth-order valence-corrected chi connectivity index (χ4v) is 1.75. The van der Waals surface area contributed by atoms with Crippen molar-refractivity contribution in [1.82, 2.24) is 0 Å². The number of nitro groups is 1. The van der Waals surface area contributed by atoms with Crippen molar-refractivity contribution in [2.24, 2.45) is 15.4 Å². The highest BCUT2D eigenvalue weighted by Gasteiger charge is 2.12. The summed E-state index contributed by atoms with van der Waals surface area (Å²) in [6.07, 6.45) is 0. The summed E-state index contributed by atoms with van der Waals surface area (Å²) in [4.78, 5) is 20.9. The summed E-state index contributed by atoms with van der Waals surface area (Å²) in [7, 11) is 0. The molecule has 0 saturated heterocycles. The van der Waals surface area contributed by atoms with Crippen LogP contribution in [0.5, 0.6) is 0 Å². The average Bonchev–Trinajstić information content (AvgIpc) is 2.62. The Balaban J connectivity index is 2.40. The zero-order valence-electron chi connectivity index (χ0n) is 12.0. The number of aliphatic hydroxyl groups is 1. The molecule has 118 valence electrons. The summed E-state index contributed by atoms with van der Waals surface area (Å²) in [5.41, 5.74) is -0.0559. The van der Waals surface area contributed by atoms with Gasteiger partial charge in [0.15, 0.2) is 5.76 Å². The smallest absolute Gasteiger partial charge is 0.270 e. The van der Waals surface area contributed by atoms with E-state index in [1.54, 1.807) is 36.4 Å². The Kier molecular flexibility index (Phi) is 5.05. The standard InChI is InChI=1S/C15H9N5O4/c16-9-11-8-12(20(23)24)6-7-13(11)17-18-15(19-22)14(21)10-4-2-1-3-5-10/h1-8,21H/b15-14-,18-17+. The number of nitrogens with zero attached hydrogens (tertiary/aromatic N) is 5. The molecule has 0 aliphatic rings. The van der Waals surface area contributed by atoms with Gasteiger partial charge in [-0.2, -0.15) is 5.26 Å². The highest BCUT2D eigenvalue weighted by molar-refractivity contribution is 5.61. The monoisotopic (exact) mass is 323 g/mol. The number of benzene rings is 2. The fourth-order valence-electron chi connectivity index (χ4n) is 1.75. The Bertz CT molecular complexity index is 884. The quantitative estimate of drug-likeness (QED) is 0.288. The maximum atomic E-state index is 10.9. The van der Waals surface area contributed by atoms with Crippen LogP contribution >= 0.6 is 0 Å². The summed E-state index contributed by atoms with van der Waals surface area (Å²) in [5.74, 6) is -1.06. The molecule has 0 bridgehead atoms. The molecule has 2 aromatic carbocycles. The van der Waals surface area contributed by atoms with E-state index in [-0.39, 0.29) is 16.9 Å². The van der Waals surface area contributed by atoms with E-state index >= 15 is 0 Å². The van der Waals surface area contributed by atoms with Crippen LogP contribution in [-0.4, -0.2) is 10.0 Å². The average molecular weight is 323 g/mol. The molecule has 1 N–H and O–H groups in total. The maximum absolute atomic E-state index is 10.9. The molecule has 0 radical (unpaired) electrons. The number of aliphatic hydroxyl groups excluding tert-OH is 1. The van der Waals surface area contributed by atoms with E-state index in [1.807, 2.05) is 0 Å². The lowest BCUT2D eigenvalue weighted by Crippen LogP contribution is -1.89. The number of rotatable bonds is 5. The van der Waals surface area contributed by atoms with Gasteiger partial charge in [-0.1, -0.05) is 30.3 Å². The second-order valence-electron chi connectivity index (χ2n) is 4.40. The molecule has 0 aromatic heterocycles. The van der Waals surface area contributed by atoms with Gasteiger partial charge in [-0.3, -0.25) is 10.1 Å². The van der Waals surface area contributed by atoms with Gasteiger partial charge in [0.2, 0.25) is 0 Å². The zero-order chi connectivity index (χ0) is 17.5. The number of hydrogen-bond acceptors (Lipinski definition) is 8. The first kappa shape index (κ1) is 16.4. The Labute approximate surface area is 135 Å². The van der Waals surface area contributed by atoms with Crippen LogP contribution in [0.15, 0.2) is 69.8 Å². The van der Waals surface area contributed by atoms with Gasteiger partial charge < -0.3 is 5.11 Å². The largest absolute Gasteiger partial charge is 0.504 e. The van der Waals surface area contributed by atoms with Crippen molar-refractivity contribution in [3.8, 4) is 6.07 Å². The van der Waals surface area contributed by atoms with Gasteiger partial charge in [0.1, 0.15) is 11.8 Å². The Morgan fingerprint density at radius 3 is 2.50 bits per heavy atom. The number of nitro benzene ring substituents is 1. The van der Waals surface area contributed by atoms with E-state index in [0.717, 1.165) is 12.1 Å². The van der Waals surface area contributed by atoms with Crippen molar-refractivity contribution in [2.45, 2.75) is 0 Å². The maximum Gasteiger partial charge on any atom is 0.270 e. The molecule has 0 atom stereocenters. The Hall–Kier alpha value is -3.93. The summed E-state index contributed by atoms with van der Waals surface area (Å²) < 4.78 is 0. The molecule has 0 fully saturated rings.